The fraction of sp³-hybridized carbons (Fsp3) is 0.227. The second-order valence-corrected chi connectivity index (χ2v) is 6.70. The Morgan fingerprint density at radius 1 is 0.826 bits per heavy atom. The van der Waals surface area contributed by atoms with Gasteiger partial charge in [0.25, 0.3) is 0 Å². The van der Waals surface area contributed by atoms with Crippen molar-refractivity contribution in [3.05, 3.63) is 71.8 Å². The van der Waals surface area contributed by atoms with Crippen molar-refractivity contribution in [1.82, 2.24) is 0 Å². The van der Waals surface area contributed by atoms with Gasteiger partial charge in [-0.25, -0.2) is 0 Å². The largest absolute Gasteiger partial charge is 0.192 e. The molecule has 23 heavy (non-hydrogen) atoms. The first kappa shape index (κ1) is 15.3. The molecule has 3 aromatic rings. The summed E-state index contributed by atoms with van der Waals surface area (Å²) in [5.74, 6) is 0. The minimum Gasteiger partial charge on any atom is -0.192 e. The predicted molar refractivity (Wildman–Crippen MR) is 97.4 cm³/mol. The topological polar surface area (TPSA) is 23.8 Å². The van der Waals surface area contributed by atoms with Crippen molar-refractivity contribution in [2.75, 3.05) is 0 Å². The first-order valence-electron chi connectivity index (χ1n) is 8.08. The highest BCUT2D eigenvalue weighted by Gasteiger charge is 2.18. The van der Waals surface area contributed by atoms with Gasteiger partial charge in [0.05, 0.1) is 11.6 Å². The number of nitrogens with zero attached hydrogens (tertiary/aromatic N) is 1. The van der Waals surface area contributed by atoms with Crippen molar-refractivity contribution >= 4 is 10.8 Å². The van der Waals surface area contributed by atoms with Crippen molar-refractivity contribution in [2.45, 2.75) is 32.6 Å². The van der Waals surface area contributed by atoms with E-state index in [9.17, 15) is 0 Å². The second kappa shape index (κ2) is 5.89. The van der Waals surface area contributed by atoms with Crippen LogP contribution >= 0.6 is 0 Å². The third kappa shape index (κ3) is 2.98. The Balaban J connectivity index is 2.02. The van der Waals surface area contributed by atoms with E-state index in [1.807, 2.05) is 24.3 Å². The number of nitriles is 1. The van der Waals surface area contributed by atoms with Gasteiger partial charge in [0.15, 0.2) is 0 Å². The van der Waals surface area contributed by atoms with E-state index in [-0.39, 0.29) is 5.41 Å². The molecule has 0 atom stereocenters. The van der Waals surface area contributed by atoms with Gasteiger partial charge in [0.1, 0.15) is 0 Å². The van der Waals surface area contributed by atoms with Crippen LogP contribution in [0, 0.1) is 11.3 Å². The van der Waals surface area contributed by atoms with Crippen molar-refractivity contribution in [2.24, 2.45) is 0 Å². The lowest BCUT2D eigenvalue weighted by molar-refractivity contribution is 0.507. The maximum Gasteiger partial charge on any atom is 0.0991 e. The van der Waals surface area contributed by atoms with E-state index in [0.717, 1.165) is 12.0 Å². The molecule has 0 aliphatic heterocycles. The second-order valence-electron chi connectivity index (χ2n) is 6.70. The van der Waals surface area contributed by atoms with Crippen molar-refractivity contribution < 1.29 is 0 Å². The molecule has 1 nitrogen and oxygen atoms in total. The van der Waals surface area contributed by atoms with Gasteiger partial charge in [-0.2, -0.15) is 5.26 Å². The van der Waals surface area contributed by atoms with E-state index >= 15 is 0 Å². The highest BCUT2D eigenvalue weighted by Crippen LogP contribution is 2.31. The van der Waals surface area contributed by atoms with Gasteiger partial charge in [-0.3, -0.25) is 0 Å². The molecule has 0 N–H and O–H groups in total. The zero-order chi connectivity index (χ0) is 16.4. The molecule has 1 heteroatoms. The van der Waals surface area contributed by atoms with E-state index in [0.29, 0.717) is 5.56 Å². The zero-order valence-corrected chi connectivity index (χ0v) is 13.9. The van der Waals surface area contributed by atoms with Gasteiger partial charge in [-0.15, -0.1) is 0 Å². The summed E-state index contributed by atoms with van der Waals surface area (Å²) in [5.41, 5.74) is 4.62. The normalized spacial score (nSPS) is 11.4. The molecule has 0 radical (unpaired) electrons. The average Bonchev–Trinajstić information content (AvgIpc) is 2.61. The van der Waals surface area contributed by atoms with E-state index in [1.165, 1.54) is 21.9 Å². The van der Waals surface area contributed by atoms with Gasteiger partial charge in [0.2, 0.25) is 0 Å². The van der Waals surface area contributed by atoms with Crippen molar-refractivity contribution in [3.63, 3.8) is 0 Å². The summed E-state index contributed by atoms with van der Waals surface area (Å²) < 4.78 is 0. The molecular weight excluding hydrogens is 278 g/mol. The lowest BCUT2D eigenvalue weighted by Crippen LogP contribution is -2.15. The number of hydrogen-bond donors (Lipinski definition) is 0. The highest BCUT2D eigenvalue weighted by molar-refractivity contribution is 5.88. The first-order chi connectivity index (χ1) is 11.0. The quantitative estimate of drug-likeness (QED) is 0.576. The standard InChI is InChI=1S/C22H21N/c1-4-22(2,3)21-12-11-19-13-18(9-10-20(19)14-21)17-7-5-16(15-23)6-8-17/h5-14H,4H2,1-3H3. The van der Waals surface area contributed by atoms with Crippen LogP contribution in [-0.4, -0.2) is 0 Å². The third-order valence-electron chi connectivity index (χ3n) is 4.85. The molecule has 0 saturated heterocycles. The Hall–Kier alpha value is -2.59. The number of hydrogen-bond acceptors (Lipinski definition) is 1. The Morgan fingerprint density at radius 2 is 1.43 bits per heavy atom. The Labute approximate surface area is 138 Å². The van der Waals surface area contributed by atoms with Crippen LogP contribution in [-0.2, 0) is 5.41 Å². The van der Waals surface area contributed by atoms with Gasteiger partial charge in [0, 0.05) is 0 Å². The van der Waals surface area contributed by atoms with Crippen LogP contribution in [0.2, 0.25) is 0 Å². The fourth-order valence-corrected chi connectivity index (χ4v) is 2.79. The fourth-order valence-electron chi connectivity index (χ4n) is 2.79. The van der Waals surface area contributed by atoms with E-state index in [2.05, 4.69) is 63.2 Å². The summed E-state index contributed by atoms with van der Waals surface area (Å²) in [6.07, 6.45) is 1.13. The Kier molecular flexibility index (Phi) is 3.92. The molecular formula is C22H21N. The highest BCUT2D eigenvalue weighted by atomic mass is 14.2. The molecule has 0 amide bonds. The average molecular weight is 299 g/mol. The molecule has 0 spiro atoms. The van der Waals surface area contributed by atoms with E-state index in [4.69, 9.17) is 5.26 Å². The lowest BCUT2D eigenvalue weighted by atomic mass is 9.81. The Bertz CT molecular complexity index is 880. The maximum atomic E-state index is 8.90. The van der Waals surface area contributed by atoms with E-state index in [1.54, 1.807) is 0 Å². The molecule has 0 fully saturated rings. The Morgan fingerprint density at radius 3 is 2.09 bits per heavy atom. The smallest absolute Gasteiger partial charge is 0.0991 e. The lowest BCUT2D eigenvalue weighted by Gasteiger charge is -2.23. The molecule has 0 aliphatic carbocycles. The summed E-state index contributed by atoms with van der Waals surface area (Å²) in [7, 11) is 0. The summed E-state index contributed by atoms with van der Waals surface area (Å²) >= 11 is 0. The van der Waals surface area contributed by atoms with Crippen LogP contribution in [0.5, 0.6) is 0 Å². The summed E-state index contributed by atoms with van der Waals surface area (Å²) in [5, 5.41) is 11.4. The SMILES string of the molecule is CCC(C)(C)c1ccc2cc(-c3ccc(C#N)cc3)ccc2c1. The van der Waals surface area contributed by atoms with Crippen LogP contribution in [0.1, 0.15) is 38.3 Å². The summed E-state index contributed by atoms with van der Waals surface area (Å²) in [6, 6.07) is 23.3. The first-order valence-corrected chi connectivity index (χ1v) is 8.08. The molecule has 3 rings (SSSR count). The van der Waals surface area contributed by atoms with Crippen LogP contribution in [0.15, 0.2) is 60.7 Å². The molecule has 0 heterocycles. The molecule has 3 aromatic carbocycles. The minimum atomic E-state index is 0.208. The molecule has 0 saturated carbocycles. The monoisotopic (exact) mass is 299 g/mol. The maximum absolute atomic E-state index is 8.90. The minimum absolute atomic E-state index is 0.208. The van der Waals surface area contributed by atoms with Gasteiger partial charge in [-0.1, -0.05) is 63.2 Å². The van der Waals surface area contributed by atoms with Crippen molar-refractivity contribution in [1.29, 1.82) is 5.26 Å². The number of rotatable bonds is 3. The van der Waals surface area contributed by atoms with Crippen LogP contribution < -0.4 is 0 Å². The van der Waals surface area contributed by atoms with Crippen molar-refractivity contribution in [3.8, 4) is 17.2 Å². The molecule has 0 aromatic heterocycles. The van der Waals surface area contributed by atoms with Crippen LogP contribution in [0.3, 0.4) is 0 Å². The van der Waals surface area contributed by atoms with Gasteiger partial charge >= 0.3 is 0 Å². The number of fused-ring (bicyclic) bond motifs is 1. The zero-order valence-electron chi connectivity index (χ0n) is 13.9. The third-order valence-corrected chi connectivity index (χ3v) is 4.85. The number of benzene rings is 3. The molecule has 0 unspecified atom stereocenters. The van der Waals surface area contributed by atoms with Crippen LogP contribution in [0.25, 0.3) is 21.9 Å². The molecule has 0 aliphatic rings. The molecule has 0 bridgehead atoms. The predicted octanol–water partition coefficient (Wildman–Crippen LogP) is 6.07. The summed E-state index contributed by atoms with van der Waals surface area (Å²) in [4.78, 5) is 0. The van der Waals surface area contributed by atoms with Gasteiger partial charge < -0.3 is 0 Å². The van der Waals surface area contributed by atoms with E-state index < -0.39 is 0 Å². The summed E-state index contributed by atoms with van der Waals surface area (Å²) in [6.45, 7) is 6.82. The van der Waals surface area contributed by atoms with Crippen LogP contribution in [0.4, 0.5) is 0 Å². The molecule has 114 valence electrons. The van der Waals surface area contributed by atoms with Gasteiger partial charge in [-0.05, 0) is 57.5 Å².